The van der Waals surface area contributed by atoms with Gasteiger partial charge in [-0.2, -0.15) is 11.8 Å². The van der Waals surface area contributed by atoms with Crippen molar-refractivity contribution < 1.29 is 24.2 Å². The Bertz CT molecular complexity index is 964. The van der Waals surface area contributed by atoms with Gasteiger partial charge in [-0.25, -0.2) is 9.59 Å². The maximum Gasteiger partial charge on any atom is 0.407 e. The maximum absolute atomic E-state index is 12.7. The number of carboxylic acid groups (broad SMARTS) is 1. The van der Waals surface area contributed by atoms with E-state index in [0.717, 1.165) is 22.3 Å². The van der Waals surface area contributed by atoms with Crippen molar-refractivity contribution in [1.82, 2.24) is 10.6 Å². The highest BCUT2D eigenvalue weighted by molar-refractivity contribution is 7.98. The van der Waals surface area contributed by atoms with Gasteiger partial charge >= 0.3 is 12.1 Å². The lowest BCUT2D eigenvalue weighted by atomic mass is 9.98. The zero-order valence-corrected chi connectivity index (χ0v) is 19.9. The minimum Gasteiger partial charge on any atom is -0.480 e. The van der Waals surface area contributed by atoms with Gasteiger partial charge in [0.15, 0.2) is 0 Å². The van der Waals surface area contributed by atoms with Crippen LogP contribution in [0.2, 0.25) is 0 Å². The number of thioether (sulfide) groups is 1. The lowest BCUT2D eigenvalue weighted by Crippen LogP contribution is -2.54. The van der Waals surface area contributed by atoms with Crippen molar-refractivity contribution in [3.05, 3.63) is 59.7 Å². The molecule has 8 heteroatoms. The van der Waals surface area contributed by atoms with Crippen LogP contribution in [0.3, 0.4) is 0 Å². The molecule has 3 N–H and O–H groups in total. The van der Waals surface area contributed by atoms with E-state index in [1.165, 1.54) is 11.8 Å². The average Bonchev–Trinajstić information content (AvgIpc) is 3.12. The highest BCUT2D eigenvalue weighted by Crippen LogP contribution is 2.44. The van der Waals surface area contributed by atoms with E-state index < -0.39 is 30.1 Å². The minimum absolute atomic E-state index is 0.0857. The van der Waals surface area contributed by atoms with Gasteiger partial charge in [-0.15, -0.1) is 0 Å². The van der Waals surface area contributed by atoms with Crippen LogP contribution in [0.25, 0.3) is 11.1 Å². The zero-order chi connectivity index (χ0) is 24.0. The van der Waals surface area contributed by atoms with Crippen LogP contribution in [0.15, 0.2) is 48.5 Å². The van der Waals surface area contributed by atoms with Gasteiger partial charge in [0.05, 0.1) is 0 Å². The quantitative estimate of drug-likeness (QED) is 0.487. The summed E-state index contributed by atoms with van der Waals surface area (Å²) >= 11 is 1.50. The molecule has 0 aromatic heterocycles. The molecule has 1 aliphatic rings. The first-order valence-electron chi connectivity index (χ1n) is 11.0. The Kier molecular flexibility index (Phi) is 8.38. The van der Waals surface area contributed by atoms with Gasteiger partial charge < -0.3 is 20.5 Å². The Hall–Kier alpha value is -3.00. The van der Waals surface area contributed by atoms with E-state index >= 15 is 0 Å². The first-order valence-corrected chi connectivity index (χ1v) is 12.4. The van der Waals surface area contributed by atoms with Crippen LogP contribution in [-0.4, -0.2) is 53.8 Å². The van der Waals surface area contributed by atoms with Gasteiger partial charge in [-0.1, -0.05) is 62.4 Å². The molecule has 0 aliphatic heterocycles. The van der Waals surface area contributed by atoms with E-state index in [1.54, 1.807) is 13.8 Å². The van der Waals surface area contributed by atoms with Crippen LogP contribution in [0.4, 0.5) is 4.79 Å². The molecule has 2 atom stereocenters. The fraction of sp³-hybridized carbons (Fsp3) is 0.400. The second kappa shape index (κ2) is 11.2. The van der Waals surface area contributed by atoms with Crippen molar-refractivity contribution in [2.75, 3.05) is 18.6 Å². The number of carbonyl (C=O) groups is 3. The van der Waals surface area contributed by atoms with Crippen LogP contribution >= 0.6 is 11.8 Å². The number of benzene rings is 2. The van der Waals surface area contributed by atoms with E-state index in [0.29, 0.717) is 12.2 Å². The predicted molar refractivity (Wildman–Crippen MR) is 129 cm³/mol. The molecule has 0 saturated heterocycles. The van der Waals surface area contributed by atoms with Gasteiger partial charge in [0, 0.05) is 5.92 Å². The molecule has 2 amide bonds. The Morgan fingerprint density at radius 1 is 1.00 bits per heavy atom. The van der Waals surface area contributed by atoms with Crippen LogP contribution in [0, 0.1) is 5.92 Å². The highest BCUT2D eigenvalue weighted by Gasteiger charge is 2.31. The number of carbonyl (C=O) groups excluding carboxylic acids is 2. The summed E-state index contributed by atoms with van der Waals surface area (Å²) in [5.41, 5.74) is 4.46. The fourth-order valence-corrected chi connectivity index (χ4v) is 4.53. The largest absolute Gasteiger partial charge is 0.480 e. The van der Waals surface area contributed by atoms with Gasteiger partial charge in [0.25, 0.3) is 0 Å². The van der Waals surface area contributed by atoms with Crippen LogP contribution < -0.4 is 10.6 Å². The fourth-order valence-electron chi connectivity index (χ4n) is 4.06. The first kappa shape index (κ1) is 24.6. The second-order valence-electron chi connectivity index (χ2n) is 8.37. The second-order valence-corrected chi connectivity index (χ2v) is 9.36. The molecule has 7 nitrogen and oxygen atoms in total. The number of nitrogens with one attached hydrogen (secondary N) is 2. The number of aliphatic carboxylic acids is 1. The normalized spacial score (nSPS) is 14.2. The summed E-state index contributed by atoms with van der Waals surface area (Å²) in [6.07, 6.45) is 1.47. The monoisotopic (exact) mass is 470 g/mol. The Balaban J connectivity index is 1.64. The van der Waals surface area contributed by atoms with Crippen LogP contribution in [-0.2, 0) is 14.3 Å². The summed E-state index contributed by atoms with van der Waals surface area (Å²) in [5, 5.41) is 14.5. The zero-order valence-electron chi connectivity index (χ0n) is 19.0. The summed E-state index contributed by atoms with van der Waals surface area (Å²) in [7, 11) is 0. The molecular weight excluding hydrogens is 440 g/mol. The number of amides is 2. The number of carboxylic acids is 1. The molecule has 1 aliphatic carbocycles. The summed E-state index contributed by atoms with van der Waals surface area (Å²) in [4.78, 5) is 36.8. The molecule has 176 valence electrons. The molecule has 0 spiro atoms. The molecule has 33 heavy (non-hydrogen) atoms. The Labute approximate surface area is 198 Å². The van der Waals surface area contributed by atoms with E-state index in [-0.39, 0.29) is 18.4 Å². The molecule has 3 rings (SSSR count). The maximum atomic E-state index is 12.7. The van der Waals surface area contributed by atoms with E-state index in [4.69, 9.17) is 4.74 Å². The lowest BCUT2D eigenvalue weighted by molar-refractivity contribution is -0.142. The van der Waals surface area contributed by atoms with Crippen molar-refractivity contribution in [3.63, 3.8) is 0 Å². The van der Waals surface area contributed by atoms with Gasteiger partial charge in [-0.3, -0.25) is 4.79 Å². The number of fused-ring (bicyclic) bond motifs is 3. The van der Waals surface area contributed by atoms with Crippen molar-refractivity contribution in [3.8, 4) is 11.1 Å². The SMILES string of the molecule is CSCC[C@H](NC(=O)[C@H](NC(=O)OCC1c2ccccc2-c2ccccc21)C(C)C)C(=O)O. The topological polar surface area (TPSA) is 105 Å². The molecule has 0 saturated carbocycles. The first-order chi connectivity index (χ1) is 15.8. The van der Waals surface area contributed by atoms with Crippen LogP contribution in [0.5, 0.6) is 0 Å². The smallest absolute Gasteiger partial charge is 0.407 e. The number of hydrogen-bond acceptors (Lipinski definition) is 5. The summed E-state index contributed by atoms with van der Waals surface area (Å²) in [5.74, 6) is -1.37. The molecule has 0 unspecified atom stereocenters. The average molecular weight is 471 g/mol. The van der Waals surface area contributed by atoms with Gasteiger partial charge in [0.1, 0.15) is 18.7 Å². The molecular formula is C25H30N2O5S. The predicted octanol–water partition coefficient (Wildman–Crippen LogP) is 3.87. The summed E-state index contributed by atoms with van der Waals surface area (Å²) in [6, 6.07) is 14.2. The number of hydrogen-bond donors (Lipinski definition) is 3. The Morgan fingerprint density at radius 3 is 2.09 bits per heavy atom. The number of rotatable bonds is 10. The van der Waals surface area contributed by atoms with Gasteiger partial charge in [0.2, 0.25) is 5.91 Å². The molecule has 0 heterocycles. The standard InChI is InChI=1S/C25H30N2O5S/c1-15(2)22(23(28)26-21(24(29)30)12-13-33-3)27-25(31)32-14-20-18-10-6-4-8-16(18)17-9-5-7-11-19(17)20/h4-11,15,20-22H,12-14H2,1-3H3,(H,26,28)(H,27,31)(H,29,30)/t21-,22+/m0/s1. The Morgan fingerprint density at radius 2 is 1.58 bits per heavy atom. The van der Waals surface area contributed by atoms with Crippen molar-refractivity contribution in [1.29, 1.82) is 0 Å². The van der Waals surface area contributed by atoms with Gasteiger partial charge in [-0.05, 0) is 46.6 Å². The lowest BCUT2D eigenvalue weighted by Gasteiger charge is -2.24. The molecule has 2 aromatic rings. The van der Waals surface area contributed by atoms with Crippen molar-refractivity contribution in [2.24, 2.45) is 5.92 Å². The van der Waals surface area contributed by atoms with Crippen molar-refractivity contribution >= 4 is 29.7 Å². The van der Waals surface area contributed by atoms with E-state index in [1.807, 2.05) is 42.7 Å². The number of ether oxygens (including phenoxy) is 1. The third-order valence-corrected chi connectivity index (χ3v) is 6.44. The van der Waals surface area contributed by atoms with Crippen LogP contribution in [0.1, 0.15) is 37.3 Å². The third-order valence-electron chi connectivity index (χ3n) is 5.79. The molecule has 0 bridgehead atoms. The molecule has 0 radical (unpaired) electrons. The minimum atomic E-state index is -1.10. The summed E-state index contributed by atoms with van der Waals surface area (Å²) < 4.78 is 5.54. The highest BCUT2D eigenvalue weighted by atomic mass is 32.2. The molecule has 0 fully saturated rings. The van der Waals surface area contributed by atoms with E-state index in [2.05, 4.69) is 22.8 Å². The van der Waals surface area contributed by atoms with Crippen molar-refractivity contribution in [2.45, 2.75) is 38.3 Å². The summed E-state index contributed by atoms with van der Waals surface area (Å²) in [6.45, 7) is 3.70. The molecule has 2 aromatic carbocycles. The number of alkyl carbamates (subject to hydrolysis) is 1. The van der Waals surface area contributed by atoms with E-state index in [9.17, 15) is 19.5 Å². The third kappa shape index (κ3) is 5.87.